The summed E-state index contributed by atoms with van der Waals surface area (Å²) < 4.78 is 17.4. The maximum atomic E-state index is 11.4. The van der Waals surface area contributed by atoms with Gasteiger partial charge in [0, 0.05) is 18.3 Å². The molecule has 5 unspecified atom stereocenters. The van der Waals surface area contributed by atoms with E-state index in [1.54, 1.807) is 12.3 Å². The SMILES string of the molecule is C=C1CCC2C3COCOC3CCC2(C)C1CCOc1ccncc1C(=O)O. The van der Waals surface area contributed by atoms with Crippen molar-refractivity contribution >= 4 is 5.97 Å². The van der Waals surface area contributed by atoms with E-state index in [0.717, 1.165) is 38.7 Å². The van der Waals surface area contributed by atoms with Crippen LogP contribution < -0.4 is 4.74 Å². The van der Waals surface area contributed by atoms with Crippen molar-refractivity contribution in [2.24, 2.45) is 23.2 Å². The van der Waals surface area contributed by atoms with Gasteiger partial charge >= 0.3 is 5.97 Å². The molecule has 3 fully saturated rings. The van der Waals surface area contributed by atoms with Crippen molar-refractivity contribution in [1.29, 1.82) is 0 Å². The Morgan fingerprint density at radius 2 is 2.32 bits per heavy atom. The lowest BCUT2D eigenvalue weighted by Gasteiger charge is -2.57. The van der Waals surface area contributed by atoms with Crippen molar-refractivity contribution in [3.8, 4) is 5.75 Å². The Morgan fingerprint density at radius 1 is 1.46 bits per heavy atom. The summed E-state index contributed by atoms with van der Waals surface area (Å²) in [5.41, 5.74) is 1.57. The molecule has 6 heteroatoms. The van der Waals surface area contributed by atoms with Crippen molar-refractivity contribution in [3.05, 3.63) is 36.2 Å². The van der Waals surface area contributed by atoms with Gasteiger partial charge in [-0.25, -0.2) is 4.79 Å². The van der Waals surface area contributed by atoms with Crippen LogP contribution in [0.4, 0.5) is 0 Å². The van der Waals surface area contributed by atoms with Crippen molar-refractivity contribution < 1.29 is 24.1 Å². The van der Waals surface area contributed by atoms with Gasteiger partial charge in [0.25, 0.3) is 0 Å². The largest absolute Gasteiger partial charge is 0.493 e. The molecule has 1 saturated heterocycles. The van der Waals surface area contributed by atoms with Crippen LogP contribution in [0.3, 0.4) is 0 Å². The molecule has 0 amide bonds. The van der Waals surface area contributed by atoms with E-state index in [4.69, 9.17) is 14.2 Å². The van der Waals surface area contributed by atoms with Crippen molar-refractivity contribution in [3.63, 3.8) is 0 Å². The van der Waals surface area contributed by atoms with E-state index >= 15 is 0 Å². The second kappa shape index (κ2) is 7.84. The number of carboxylic acid groups (broad SMARTS) is 1. The number of fused-ring (bicyclic) bond motifs is 3. The van der Waals surface area contributed by atoms with Gasteiger partial charge in [-0.1, -0.05) is 19.1 Å². The molecule has 2 aliphatic carbocycles. The van der Waals surface area contributed by atoms with Crippen LogP contribution in [0.1, 0.15) is 49.4 Å². The highest BCUT2D eigenvalue weighted by molar-refractivity contribution is 5.90. The van der Waals surface area contributed by atoms with E-state index < -0.39 is 5.97 Å². The lowest BCUT2D eigenvalue weighted by molar-refractivity contribution is -0.218. The van der Waals surface area contributed by atoms with Gasteiger partial charge in [-0.15, -0.1) is 0 Å². The number of aromatic carboxylic acids is 1. The lowest BCUT2D eigenvalue weighted by Crippen LogP contribution is -2.54. The second-order valence-electron chi connectivity index (χ2n) is 8.57. The number of aromatic nitrogens is 1. The minimum absolute atomic E-state index is 0.103. The number of rotatable bonds is 5. The molecule has 0 bridgehead atoms. The van der Waals surface area contributed by atoms with E-state index in [1.165, 1.54) is 11.8 Å². The molecule has 4 rings (SSSR count). The highest BCUT2D eigenvalue weighted by Gasteiger charge is 2.53. The minimum atomic E-state index is -1.02. The monoisotopic (exact) mass is 387 g/mol. The summed E-state index contributed by atoms with van der Waals surface area (Å²) in [4.78, 5) is 15.2. The maximum Gasteiger partial charge on any atom is 0.341 e. The highest BCUT2D eigenvalue weighted by Crippen LogP contribution is 2.58. The average molecular weight is 387 g/mol. The van der Waals surface area contributed by atoms with Gasteiger partial charge in [0.15, 0.2) is 0 Å². The predicted molar refractivity (Wildman–Crippen MR) is 103 cm³/mol. The number of pyridine rings is 1. The first kappa shape index (κ1) is 19.4. The van der Waals surface area contributed by atoms with Crippen LogP contribution in [0.5, 0.6) is 5.75 Å². The number of hydrogen-bond acceptors (Lipinski definition) is 5. The Morgan fingerprint density at radius 3 is 3.14 bits per heavy atom. The topological polar surface area (TPSA) is 77.9 Å². The van der Waals surface area contributed by atoms with Gasteiger partial charge in [-0.3, -0.25) is 4.98 Å². The minimum Gasteiger partial charge on any atom is -0.493 e. The third-order valence-electron chi connectivity index (χ3n) is 7.23. The smallest absolute Gasteiger partial charge is 0.341 e. The van der Waals surface area contributed by atoms with E-state index in [9.17, 15) is 9.90 Å². The van der Waals surface area contributed by atoms with Gasteiger partial charge in [-0.05, 0) is 55.4 Å². The molecule has 1 N–H and O–H groups in total. The summed E-state index contributed by atoms with van der Waals surface area (Å²) in [5.74, 6) is 0.751. The fourth-order valence-corrected chi connectivity index (χ4v) is 5.80. The van der Waals surface area contributed by atoms with Crippen molar-refractivity contribution in [2.75, 3.05) is 20.0 Å². The molecular weight excluding hydrogens is 358 g/mol. The Bertz CT molecular complexity index is 750. The van der Waals surface area contributed by atoms with Gasteiger partial charge in [0.2, 0.25) is 0 Å². The quantitative estimate of drug-likeness (QED) is 0.772. The third kappa shape index (κ3) is 3.44. The van der Waals surface area contributed by atoms with Crippen LogP contribution >= 0.6 is 0 Å². The molecule has 28 heavy (non-hydrogen) atoms. The Balaban J connectivity index is 1.46. The number of allylic oxidation sites excluding steroid dienone is 1. The molecule has 0 aromatic carbocycles. The second-order valence-corrected chi connectivity index (χ2v) is 8.57. The molecule has 3 aliphatic rings. The highest BCUT2D eigenvalue weighted by atomic mass is 16.7. The van der Waals surface area contributed by atoms with Crippen LogP contribution in [-0.4, -0.2) is 42.2 Å². The van der Waals surface area contributed by atoms with Crippen LogP contribution in [-0.2, 0) is 9.47 Å². The van der Waals surface area contributed by atoms with Crippen LogP contribution in [0.15, 0.2) is 30.6 Å². The summed E-state index contributed by atoms with van der Waals surface area (Å²) in [6.45, 7) is 8.46. The summed E-state index contributed by atoms with van der Waals surface area (Å²) in [7, 11) is 0. The van der Waals surface area contributed by atoms with Crippen LogP contribution in [0.2, 0.25) is 0 Å². The van der Waals surface area contributed by atoms with Gasteiger partial charge in [0.1, 0.15) is 18.1 Å². The number of carbonyl (C=O) groups is 1. The summed E-state index contributed by atoms with van der Waals surface area (Å²) in [5, 5.41) is 9.30. The van der Waals surface area contributed by atoms with Crippen molar-refractivity contribution in [1.82, 2.24) is 4.98 Å². The first-order valence-corrected chi connectivity index (χ1v) is 10.2. The number of nitrogens with zero attached hydrogens (tertiary/aromatic N) is 1. The fraction of sp³-hybridized carbons (Fsp3) is 0.636. The molecular formula is C22H29NO5. The molecule has 0 spiro atoms. The van der Waals surface area contributed by atoms with E-state index in [1.807, 2.05) is 0 Å². The van der Waals surface area contributed by atoms with Gasteiger partial charge in [-0.2, -0.15) is 0 Å². The number of ether oxygens (including phenoxy) is 3. The molecule has 1 aliphatic heterocycles. The van der Waals surface area contributed by atoms with Gasteiger partial charge in [0.05, 0.1) is 19.3 Å². The lowest BCUT2D eigenvalue weighted by atomic mass is 9.50. The molecule has 2 saturated carbocycles. The molecule has 2 heterocycles. The predicted octanol–water partition coefficient (Wildman–Crippen LogP) is 3.92. The first-order valence-electron chi connectivity index (χ1n) is 10.2. The van der Waals surface area contributed by atoms with Crippen LogP contribution in [0.25, 0.3) is 0 Å². The zero-order valence-electron chi connectivity index (χ0n) is 16.4. The standard InChI is InChI=1S/C22H29NO5/c1-14-3-4-18-16-12-26-13-28-19(16)5-8-22(18,2)17(14)7-10-27-20-6-9-23-11-15(20)21(24)25/h6,9,11,16-19H,1,3-5,7-8,10,12-13H2,2H3,(H,24,25). The molecule has 1 aromatic rings. The van der Waals surface area contributed by atoms with Crippen molar-refractivity contribution in [2.45, 2.75) is 45.1 Å². The van der Waals surface area contributed by atoms with E-state index in [-0.39, 0.29) is 11.0 Å². The van der Waals surface area contributed by atoms with E-state index in [0.29, 0.717) is 43.0 Å². The Hall–Kier alpha value is -1.92. The first-order chi connectivity index (χ1) is 13.5. The van der Waals surface area contributed by atoms with Gasteiger partial charge < -0.3 is 19.3 Å². The average Bonchev–Trinajstić information content (AvgIpc) is 2.70. The molecule has 0 radical (unpaired) electrons. The number of carboxylic acids is 1. The zero-order chi connectivity index (χ0) is 19.7. The Labute approximate surface area is 165 Å². The fourth-order valence-electron chi connectivity index (χ4n) is 5.80. The molecule has 6 nitrogen and oxygen atoms in total. The maximum absolute atomic E-state index is 11.4. The molecule has 5 atom stereocenters. The normalized spacial score (nSPS) is 35.0. The molecule has 152 valence electrons. The summed E-state index contributed by atoms with van der Waals surface area (Å²) >= 11 is 0. The number of hydrogen-bond donors (Lipinski definition) is 1. The Kier molecular flexibility index (Phi) is 5.43. The van der Waals surface area contributed by atoms with Crippen LogP contribution in [0, 0.1) is 23.2 Å². The summed E-state index contributed by atoms with van der Waals surface area (Å²) in [6, 6.07) is 1.62. The zero-order valence-corrected chi connectivity index (χ0v) is 16.4. The molecule has 1 aromatic heterocycles. The van der Waals surface area contributed by atoms with E-state index in [2.05, 4.69) is 18.5 Å². The third-order valence-corrected chi connectivity index (χ3v) is 7.23. The summed E-state index contributed by atoms with van der Waals surface area (Å²) in [6.07, 6.45) is 8.42.